The van der Waals surface area contributed by atoms with Crippen molar-refractivity contribution in [2.75, 3.05) is 13.6 Å². The molecule has 1 aromatic carbocycles. The molecule has 0 bridgehead atoms. The van der Waals surface area contributed by atoms with E-state index in [2.05, 4.69) is 5.32 Å². The second kappa shape index (κ2) is 7.65. The highest BCUT2D eigenvalue weighted by Crippen LogP contribution is 2.05. The fourth-order valence-corrected chi connectivity index (χ4v) is 1.82. The zero-order valence-corrected chi connectivity index (χ0v) is 12.3. The number of nitrogens with one attached hydrogen (secondary N) is 1. The smallest absolute Gasteiger partial charge is 0.244 e. The maximum atomic E-state index is 11.9. The van der Waals surface area contributed by atoms with Gasteiger partial charge in [0, 0.05) is 20.1 Å². The molecule has 1 aromatic rings. The molecule has 1 rings (SSSR count). The third-order valence-corrected chi connectivity index (χ3v) is 3.22. The number of likely N-dealkylation sites (N-methyl/N-ethyl adjacent to an activating group) is 1. The van der Waals surface area contributed by atoms with E-state index in [0.29, 0.717) is 13.1 Å². The number of rotatable bonds is 6. The predicted molar refractivity (Wildman–Crippen MR) is 79.0 cm³/mol. The van der Waals surface area contributed by atoms with E-state index in [1.54, 1.807) is 18.9 Å². The summed E-state index contributed by atoms with van der Waals surface area (Å²) in [7, 11) is 1.72. The number of benzene rings is 1. The van der Waals surface area contributed by atoms with Crippen molar-refractivity contribution in [3.63, 3.8) is 0 Å². The fourth-order valence-electron chi connectivity index (χ4n) is 1.82. The Labute approximate surface area is 120 Å². The largest absolute Gasteiger partial charge is 0.344 e. The SMILES string of the molecule is CCN(C)C(=O)C(C)NC(=O)Cc1ccc(CN)cc1. The molecule has 5 heteroatoms. The summed E-state index contributed by atoms with van der Waals surface area (Å²) in [4.78, 5) is 25.3. The first kappa shape index (κ1) is 16.2. The highest BCUT2D eigenvalue weighted by atomic mass is 16.2. The Balaban J connectivity index is 2.52. The van der Waals surface area contributed by atoms with E-state index in [4.69, 9.17) is 5.73 Å². The molecular formula is C15H23N3O2. The summed E-state index contributed by atoms with van der Waals surface area (Å²) in [5.41, 5.74) is 7.46. The first-order valence-corrected chi connectivity index (χ1v) is 6.80. The second-order valence-corrected chi connectivity index (χ2v) is 4.84. The van der Waals surface area contributed by atoms with Gasteiger partial charge in [0.05, 0.1) is 6.42 Å². The van der Waals surface area contributed by atoms with Gasteiger partial charge in [-0.3, -0.25) is 9.59 Å². The molecule has 0 aliphatic rings. The lowest BCUT2D eigenvalue weighted by molar-refractivity contribution is -0.134. The van der Waals surface area contributed by atoms with E-state index in [9.17, 15) is 9.59 Å². The molecule has 0 aromatic heterocycles. The summed E-state index contributed by atoms with van der Waals surface area (Å²) < 4.78 is 0. The van der Waals surface area contributed by atoms with Crippen molar-refractivity contribution in [3.05, 3.63) is 35.4 Å². The van der Waals surface area contributed by atoms with Gasteiger partial charge in [-0.25, -0.2) is 0 Å². The van der Waals surface area contributed by atoms with Gasteiger partial charge >= 0.3 is 0 Å². The predicted octanol–water partition coefficient (Wildman–Crippen LogP) is 0.671. The Bertz CT molecular complexity index is 457. The highest BCUT2D eigenvalue weighted by Gasteiger charge is 2.18. The van der Waals surface area contributed by atoms with Crippen LogP contribution in [-0.2, 0) is 22.6 Å². The van der Waals surface area contributed by atoms with Gasteiger partial charge in [0.1, 0.15) is 6.04 Å². The quantitative estimate of drug-likeness (QED) is 0.802. The topological polar surface area (TPSA) is 75.4 Å². The second-order valence-electron chi connectivity index (χ2n) is 4.84. The molecule has 0 saturated carbocycles. The van der Waals surface area contributed by atoms with Gasteiger partial charge in [-0.05, 0) is 25.0 Å². The monoisotopic (exact) mass is 277 g/mol. The zero-order valence-electron chi connectivity index (χ0n) is 12.3. The summed E-state index contributed by atoms with van der Waals surface area (Å²) in [6, 6.07) is 7.07. The molecule has 0 radical (unpaired) electrons. The van der Waals surface area contributed by atoms with E-state index in [0.717, 1.165) is 11.1 Å². The molecule has 5 nitrogen and oxygen atoms in total. The normalized spacial score (nSPS) is 11.8. The first-order valence-electron chi connectivity index (χ1n) is 6.80. The molecule has 0 aliphatic carbocycles. The van der Waals surface area contributed by atoms with Gasteiger partial charge in [-0.1, -0.05) is 24.3 Å². The Morgan fingerprint density at radius 2 is 1.80 bits per heavy atom. The number of nitrogens with two attached hydrogens (primary N) is 1. The van der Waals surface area contributed by atoms with Crippen molar-refractivity contribution in [2.45, 2.75) is 32.9 Å². The van der Waals surface area contributed by atoms with Gasteiger partial charge in [-0.2, -0.15) is 0 Å². The average Bonchev–Trinajstić information content (AvgIpc) is 2.46. The lowest BCUT2D eigenvalue weighted by Crippen LogP contribution is -2.45. The molecule has 1 unspecified atom stereocenters. The number of hydrogen-bond donors (Lipinski definition) is 2. The van der Waals surface area contributed by atoms with Crippen LogP contribution >= 0.6 is 0 Å². The summed E-state index contributed by atoms with van der Waals surface area (Å²) in [6.45, 7) is 4.70. The number of amides is 2. The molecule has 0 heterocycles. The fraction of sp³-hybridized carbons (Fsp3) is 0.467. The first-order chi connectivity index (χ1) is 9.47. The van der Waals surface area contributed by atoms with Gasteiger partial charge in [-0.15, -0.1) is 0 Å². The molecule has 0 spiro atoms. The molecule has 0 fully saturated rings. The number of nitrogens with zero attached hydrogens (tertiary/aromatic N) is 1. The zero-order chi connectivity index (χ0) is 15.1. The standard InChI is InChI=1S/C15H23N3O2/c1-4-18(3)15(20)11(2)17-14(19)9-12-5-7-13(10-16)8-6-12/h5-8,11H,4,9-10,16H2,1-3H3,(H,17,19). The maximum absolute atomic E-state index is 11.9. The van der Waals surface area contributed by atoms with Gasteiger partial charge in [0.2, 0.25) is 11.8 Å². The number of carbonyl (C=O) groups excluding carboxylic acids is 2. The van der Waals surface area contributed by atoms with E-state index in [1.165, 1.54) is 0 Å². The van der Waals surface area contributed by atoms with Gasteiger partial charge in [0.15, 0.2) is 0 Å². The third kappa shape index (κ3) is 4.66. The summed E-state index contributed by atoms with van der Waals surface area (Å²) in [6.07, 6.45) is 0.262. The van der Waals surface area contributed by atoms with Crippen LogP contribution in [0.4, 0.5) is 0 Å². The van der Waals surface area contributed by atoms with Crippen LogP contribution in [0.5, 0.6) is 0 Å². The molecule has 110 valence electrons. The lowest BCUT2D eigenvalue weighted by atomic mass is 10.1. The van der Waals surface area contributed by atoms with Crippen LogP contribution in [0.15, 0.2) is 24.3 Å². The van der Waals surface area contributed by atoms with Crippen LogP contribution in [0.2, 0.25) is 0 Å². The molecular weight excluding hydrogens is 254 g/mol. The average molecular weight is 277 g/mol. The van der Waals surface area contributed by atoms with E-state index < -0.39 is 6.04 Å². The van der Waals surface area contributed by atoms with Crippen LogP contribution in [0.25, 0.3) is 0 Å². The highest BCUT2D eigenvalue weighted by molar-refractivity contribution is 5.87. The molecule has 20 heavy (non-hydrogen) atoms. The van der Waals surface area contributed by atoms with Crippen molar-refractivity contribution in [1.29, 1.82) is 0 Å². The summed E-state index contributed by atoms with van der Waals surface area (Å²) in [5, 5.41) is 2.72. The van der Waals surface area contributed by atoms with Crippen LogP contribution in [0.1, 0.15) is 25.0 Å². The molecule has 2 amide bonds. The van der Waals surface area contributed by atoms with Crippen LogP contribution < -0.4 is 11.1 Å². The van der Waals surface area contributed by atoms with Crippen molar-refractivity contribution in [3.8, 4) is 0 Å². The molecule has 0 aliphatic heterocycles. The molecule has 0 saturated heterocycles. The Hall–Kier alpha value is -1.88. The van der Waals surface area contributed by atoms with Crippen LogP contribution in [-0.4, -0.2) is 36.3 Å². The van der Waals surface area contributed by atoms with E-state index >= 15 is 0 Å². The maximum Gasteiger partial charge on any atom is 0.244 e. The Morgan fingerprint density at radius 3 is 2.30 bits per heavy atom. The van der Waals surface area contributed by atoms with E-state index in [1.807, 2.05) is 31.2 Å². The Morgan fingerprint density at radius 1 is 1.25 bits per heavy atom. The molecule has 3 N–H and O–H groups in total. The van der Waals surface area contributed by atoms with Crippen LogP contribution in [0, 0.1) is 0 Å². The molecule has 1 atom stereocenters. The lowest BCUT2D eigenvalue weighted by Gasteiger charge is -2.20. The van der Waals surface area contributed by atoms with Gasteiger partial charge < -0.3 is 16.0 Å². The summed E-state index contributed by atoms with van der Waals surface area (Å²) >= 11 is 0. The van der Waals surface area contributed by atoms with Crippen molar-refractivity contribution >= 4 is 11.8 Å². The summed E-state index contributed by atoms with van der Waals surface area (Å²) in [5.74, 6) is -0.241. The third-order valence-electron chi connectivity index (χ3n) is 3.22. The van der Waals surface area contributed by atoms with E-state index in [-0.39, 0.29) is 18.2 Å². The minimum Gasteiger partial charge on any atom is -0.344 e. The van der Waals surface area contributed by atoms with Crippen molar-refractivity contribution in [2.24, 2.45) is 5.73 Å². The minimum atomic E-state index is -0.504. The number of hydrogen-bond acceptors (Lipinski definition) is 3. The van der Waals surface area contributed by atoms with Crippen molar-refractivity contribution < 1.29 is 9.59 Å². The number of carbonyl (C=O) groups is 2. The Kier molecular flexibility index (Phi) is 6.18. The van der Waals surface area contributed by atoms with Gasteiger partial charge in [0.25, 0.3) is 0 Å². The van der Waals surface area contributed by atoms with Crippen molar-refractivity contribution in [1.82, 2.24) is 10.2 Å². The minimum absolute atomic E-state index is 0.0840. The van der Waals surface area contributed by atoms with Crippen LogP contribution in [0.3, 0.4) is 0 Å².